The van der Waals surface area contributed by atoms with Gasteiger partial charge in [-0.3, -0.25) is 4.79 Å². The number of nitrogens with one attached hydrogen (secondary N) is 1. The number of rotatable bonds is 5. The van der Waals surface area contributed by atoms with Crippen LogP contribution >= 0.6 is 0 Å². The highest BCUT2D eigenvalue weighted by molar-refractivity contribution is 5.81. The smallest absolute Gasteiger partial charge is 0.261 e. The topological polar surface area (TPSA) is 38.3 Å². The summed E-state index contributed by atoms with van der Waals surface area (Å²) < 4.78 is 18.6. The van der Waals surface area contributed by atoms with E-state index in [0.29, 0.717) is 5.75 Å². The van der Waals surface area contributed by atoms with E-state index in [1.54, 1.807) is 19.1 Å². The molecule has 0 heterocycles. The Bertz CT molecular complexity index is 640. The van der Waals surface area contributed by atoms with Gasteiger partial charge in [0.05, 0.1) is 6.04 Å². The number of ether oxygens (including phenoxy) is 1. The predicted octanol–water partition coefficient (Wildman–Crippen LogP) is 3.78. The number of para-hydroxylation sites is 1. The normalized spacial score (nSPS) is 13.3. The first-order valence-corrected chi connectivity index (χ1v) is 7.25. The van der Waals surface area contributed by atoms with E-state index in [1.807, 2.05) is 38.1 Å². The highest BCUT2D eigenvalue weighted by Crippen LogP contribution is 2.18. The van der Waals surface area contributed by atoms with E-state index in [0.717, 1.165) is 11.1 Å². The van der Waals surface area contributed by atoms with E-state index < -0.39 is 6.10 Å². The number of hydrogen-bond donors (Lipinski definition) is 1. The third kappa shape index (κ3) is 4.07. The highest BCUT2D eigenvalue weighted by Gasteiger charge is 2.18. The Labute approximate surface area is 130 Å². The van der Waals surface area contributed by atoms with Crippen LogP contribution in [0.2, 0.25) is 0 Å². The zero-order valence-corrected chi connectivity index (χ0v) is 13.0. The van der Waals surface area contributed by atoms with E-state index in [1.165, 1.54) is 12.1 Å². The fourth-order valence-electron chi connectivity index (χ4n) is 2.10. The molecule has 2 rings (SSSR count). The molecule has 3 nitrogen and oxygen atoms in total. The maximum absolute atomic E-state index is 12.9. The van der Waals surface area contributed by atoms with Crippen LogP contribution in [0.5, 0.6) is 5.75 Å². The summed E-state index contributed by atoms with van der Waals surface area (Å²) in [5, 5.41) is 2.87. The molecule has 1 amide bonds. The standard InChI is InChI=1S/C18H20FNO2/c1-12-6-4-5-7-17(12)22-14(3)18(21)20-13(2)15-8-10-16(19)11-9-15/h4-11,13-14H,1-3H3,(H,20,21)/t13-,14+/m1/s1. The summed E-state index contributed by atoms with van der Waals surface area (Å²) in [5.41, 5.74) is 1.83. The lowest BCUT2D eigenvalue weighted by atomic mass is 10.1. The van der Waals surface area contributed by atoms with Crippen LogP contribution in [-0.4, -0.2) is 12.0 Å². The second kappa shape index (κ2) is 7.07. The molecule has 22 heavy (non-hydrogen) atoms. The number of carbonyl (C=O) groups excluding carboxylic acids is 1. The Hall–Kier alpha value is -2.36. The Morgan fingerprint density at radius 2 is 1.73 bits per heavy atom. The first-order chi connectivity index (χ1) is 10.5. The average Bonchev–Trinajstić information content (AvgIpc) is 2.50. The van der Waals surface area contributed by atoms with Crippen LogP contribution in [0.1, 0.15) is 31.0 Å². The van der Waals surface area contributed by atoms with Crippen molar-refractivity contribution in [1.29, 1.82) is 0 Å². The van der Waals surface area contributed by atoms with Crippen LogP contribution in [0.15, 0.2) is 48.5 Å². The minimum atomic E-state index is -0.607. The molecular formula is C18H20FNO2. The Morgan fingerprint density at radius 3 is 2.36 bits per heavy atom. The minimum absolute atomic E-state index is 0.208. The summed E-state index contributed by atoms with van der Waals surface area (Å²) in [6.07, 6.45) is -0.607. The Balaban J connectivity index is 1.96. The molecule has 0 spiro atoms. The zero-order chi connectivity index (χ0) is 16.1. The number of benzene rings is 2. The molecular weight excluding hydrogens is 281 g/mol. The van der Waals surface area contributed by atoms with Crippen molar-refractivity contribution in [2.45, 2.75) is 32.9 Å². The van der Waals surface area contributed by atoms with Gasteiger partial charge in [-0.1, -0.05) is 30.3 Å². The molecule has 2 atom stereocenters. The first kappa shape index (κ1) is 16.0. The van der Waals surface area contributed by atoms with Gasteiger partial charge in [-0.05, 0) is 50.1 Å². The van der Waals surface area contributed by atoms with Crippen molar-refractivity contribution in [2.75, 3.05) is 0 Å². The molecule has 0 radical (unpaired) electrons. The van der Waals surface area contributed by atoms with Gasteiger partial charge in [0.25, 0.3) is 5.91 Å². The molecule has 1 N–H and O–H groups in total. The number of halogens is 1. The van der Waals surface area contributed by atoms with E-state index in [4.69, 9.17) is 4.74 Å². The third-order valence-electron chi connectivity index (χ3n) is 3.50. The molecule has 116 valence electrons. The number of aryl methyl sites for hydroxylation is 1. The fraction of sp³-hybridized carbons (Fsp3) is 0.278. The summed E-state index contributed by atoms with van der Waals surface area (Å²) in [5.74, 6) is 0.193. The molecule has 0 aliphatic rings. The quantitative estimate of drug-likeness (QED) is 0.912. The monoisotopic (exact) mass is 301 g/mol. The van der Waals surface area contributed by atoms with E-state index >= 15 is 0 Å². The fourth-order valence-corrected chi connectivity index (χ4v) is 2.10. The predicted molar refractivity (Wildman–Crippen MR) is 84.2 cm³/mol. The minimum Gasteiger partial charge on any atom is -0.481 e. The Kier molecular flexibility index (Phi) is 5.15. The van der Waals surface area contributed by atoms with Crippen molar-refractivity contribution in [3.05, 3.63) is 65.5 Å². The summed E-state index contributed by atoms with van der Waals surface area (Å²) in [4.78, 5) is 12.2. The van der Waals surface area contributed by atoms with Crippen LogP contribution in [0.25, 0.3) is 0 Å². The van der Waals surface area contributed by atoms with Gasteiger partial charge in [-0.25, -0.2) is 4.39 Å². The van der Waals surface area contributed by atoms with Gasteiger partial charge in [0, 0.05) is 0 Å². The second-order valence-electron chi connectivity index (χ2n) is 5.31. The van der Waals surface area contributed by atoms with Crippen molar-refractivity contribution < 1.29 is 13.9 Å². The molecule has 0 aliphatic carbocycles. The van der Waals surface area contributed by atoms with Gasteiger partial charge < -0.3 is 10.1 Å². The van der Waals surface area contributed by atoms with Crippen LogP contribution in [0.3, 0.4) is 0 Å². The summed E-state index contributed by atoms with van der Waals surface area (Å²) in [7, 11) is 0. The van der Waals surface area contributed by atoms with E-state index in [2.05, 4.69) is 5.32 Å². The molecule has 0 bridgehead atoms. The third-order valence-corrected chi connectivity index (χ3v) is 3.50. The molecule has 0 aromatic heterocycles. The van der Waals surface area contributed by atoms with Crippen molar-refractivity contribution in [1.82, 2.24) is 5.32 Å². The van der Waals surface area contributed by atoms with E-state index in [-0.39, 0.29) is 17.8 Å². The molecule has 0 fully saturated rings. The van der Waals surface area contributed by atoms with Crippen LogP contribution in [-0.2, 0) is 4.79 Å². The average molecular weight is 301 g/mol. The molecule has 0 unspecified atom stereocenters. The highest BCUT2D eigenvalue weighted by atomic mass is 19.1. The van der Waals surface area contributed by atoms with Crippen molar-refractivity contribution in [2.24, 2.45) is 0 Å². The lowest BCUT2D eigenvalue weighted by molar-refractivity contribution is -0.127. The van der Waals surface area contributed by atoms with Crippen molar-refractivity contribution in [3.8, 4) is 5.75 Å². The summed E-state index contributed by atoms with van der Waals surface area (Å²) >= 11 is 0. The van der Waals surface area contributed by atoms with Crippen LogP contribution in [0.4, 0.5) is 4.39 Å². The van der Waals surface area contributed by atoms with Crippen LogP contribution < -0.4 is 10.1 Å². The van der Waals surface area contributed by atoms with Gasteiger partial charge in [-0.15, -0.1) is 0 Å². The van der Waals surface area contributed by atoms with Crippen LogP contribution in [0, 0.1) is 12.7 Å². The second-order valence-corrected chi connectivity index (χ2v) is 5.31. The molecule has 2 aromatic rings. The lowest BCUT2D eigenvalue weighted by Gasteiger charge is -2.19. The molecule has 4 heteroatoms. The van der Waals surface area contributed by atoms with Gasteiger partial charge in [0.1, 0.15) is 11.6 Å². The molecule has 0 aliphatic heterocycles. The van der Waals surface area contributed by atoms with Crippen molar-refractivity contribution >= 4 is 5.91 Å². The van der Waals surface area contributed by atoms with Gasteiger partial charge >= 0.3 is 0 Å². The van der Waals surface area contributed by atoms with Gasteiger partial charge in [0.15, 0.2) is 6.10 Å². The van der Waals surface area contributed by atoms with Gasteiger partial charge in [-0.2, -0.15) is 0 Å². The summed E-state index contributed by atoms with van der Waals surface area (Å²) in [6, 6.07) is 13.4. The molecule has 0 saturated carbocycles. The Morgan fingerprint density at radius 1 is 1.09 bits per heavy atom. The maximum Gasteiger partial charge on any atom is 0.261 e. The number of amides is 1. The first-order valence-electron chi connectivity index (χ1n) is 7.25. The van der Waals surface area contributed by atoms with Crippen molar-refractivity contribution in [3.63, 3.8) is 0 Å². The number of hydrogen-bond acceptors (Lipinski definition) is 2. The molecule has 0 saturated heterocycles. The number of carbonyl (C=O) groups is 1. The zero-order valence-electron chi connectivity index (χ0n) is 13.0. The lowest BCUT2D eigenvalue weighted by Crippen LogP contribution is -2.37. The SMILES string of the molecule is Cc1ccccc1O[C@@H](C)C(=O)N[C@H](C)c1ccc(F)cc1. The summed E-state index contributed by atoms with van der Waals surface area (Å²) in [6.45, 7) is 5.49. The van der Waals surface area contributed by atoms with E-state index in [9.17, 15) is 9.18 Å². The van der Waals surface area contributed by atoms with Gasteiger partial charge in [0.2, 0.25) is 0 Å². The maximum atomic E-state index is 12.9. The molecule has 2 aromatic carbocycles. The largest absolute Gasteiger partial charge is 0.481 e.